The first-order valence-corrected chi connectivity index (χ1v) is 16.2. The molecular weight excluding hydrogens is 628 g/mol. The van der Waals surface area contributed by atoms with Crippen LogP contribution >= 0.6 is 0 Å². The predicted molar refractivity (Wildman–Crippen MR) is 181 cm³/mol. The molecule has 2 saturated heterocycles. The highest BCUT2D eigenvalue weighted by atomic mass is 16.2. The second kappa shape index (κ2) is 15.0. The van der Waals surface area contributed by atoms with Crippen molar-refractivity contribution in [3.05, 3.63) is 70.8 Å². The largest absolute Gasteiger partial charge is 0.295 e. The molecule has 2 aromatic carbocycles. The van der Waals surface area contributed by atoms with Crippen molar-refractivity contribution in [2.75, 3.05) is 7.05 Å². The third-order valence-electron chi connectivity index (χ3n) is 7.11. The first-order valence-electron chi connectivity index (χ1n) is 16.2. The summed E-state index contributed by atoms with van der Waals surface area (Å²) in [6.45, 7) is 17.5. The summed E-state index contributed by atoms with van der Waals surface area (Å²) in [7, 11) is 1.37. The van der Waals surface area contributed by atoms with Crippen molar-refractivity contribution in [2.24, 2.45) is 10.8 Å². The van der Waals surface area contributed by atoms with E-state index in [2.05, 4.69) is 60.7 Å². The van der Waals surface area contributed by atoms with E-state index in [-0.39, 0.29) is 37.5 Å². The normalized spacial score (nSPS) is 20.4. The fourth-order valence-electron chi connectivity index (χ4n) is 5.05. The molecule has 2 fully saturated rings. The van der Waals surface area contributed by atoms with Crippen molar-refractivity contribution in [1.29, 1.82) is 0 Å². The van der Waals surface area contributed by atoms with E-state index >= 15 is 0 Å². The number of nitrogens with zero attached hydrogens (tertiary/aromatic N) is 3. The van der Waals surface area contributed by atoms with Crippen LogP contribution in [0, 0.1) is 10.8 Å². The summed E-state index contributed by atoms with van der Waals surface area (Å²) in [5.41, 5.74) is 2.23. The maximum Gasteiger partial charge on any atom is 0.262 e. The molecule has 1 N–H and O–H groups in total. The molecule has 2 aromatic rings. The van der Waals surface area contributed by atoms with Crippen molar-refractivity contribution in [3.63, 3.8) is 0 Å². The maximum absolute atomic E-state index is 12.3. The number of nitrogens with one attached hydrogen (secondary N) is 1. The van der Waals surface area contributed by atoms with Crippen LogP contribution in [0.25, 0.3) is 0 Å². The van der Waals surface area contributed by atoms with E-state index in [9.17, 15) is 38.4 Å². The molecule has 2 unspecified atom stereocenters. The first kappa shape index (κ1) is 38.4. The minimum absolute atomic E-state index is 0.129. The number of imide groups is 4. The van der Waals surface area contributed by atoms with Crippen molar-refractivity contribution >= 4 is 47.3 Å². The third kappa shape index (κ3) is 9.55. The van der Waals surface area contributed by atoms with Crippen LogP contribution in [0.5, 0.6) is 0 Å². The molecule has 4 aliphatic rings. The summed E-state index contributed by atoms with van der Waals surface area (Å²) in [5.74, 6) is -3.65. The molecular formula is C37H46N4O8. The second-order valence-electron chi connectivity index (χ2n) is 15.4. The lowest BCUT2D eigenvalue weighted by Gasteiger charge is -2.32. The molecule has 0 aromatic heterocycles. The lowest BCUT2D eigenvalue weighted by molar-refractivity contribution is -0.149. The van der Waals surface area contributed by atoms with E-state index in [0.29, 0.717) is 33.1 Å². The van der Waals surface area contributed by atoms with Gasteiger partial charge in [0.05, 0.1) is 22.3 Å². The molecule has 12 nitrogen and oxygen atoms in total. The Kier molecular flexibility index (Phi) is 11.8. The van der Waals surface area contributed by atoms with Gasteiger partial charge in [0.15, 0.2) is 0 Å². The monoisotopic (exact) mass is 674 g/mol. The van der Waals surface area contributed by atoms with Gasteiger partial charge in [-0.3, -0.25) is 58.4 Å². The summed E-state index contributed by atoms with van der Waals surface area (Å²) in [5, 5.41) is 2.15. The number of fused-ring (bicyclic) bond motifs is 2. The standard InChI is InChI=1S/C14H12N2O4.C13H10N2O4.2C5H12/c1-15-11(17)7-6-10(14(15)20)16-12(18)8-4-2-3-5-9(8)13(16)19;16-10-6-5-9(11(17)14-10)15-12(18)7-3-1-2-4-8(7)13(15)19;2*1-5(2,3)4/h2-5,10H,6-7H2,1H3;1-4,9H,5-6H2,(H,14,16,17);2*1-4H3. The number of likely N-dealkylation sites (N-methyl/N-ethyl adjacent to an activating group) is 1. The number of hydrogen-bond acceptors (Lipinski definition) is 8. The number of benzene rings is 2. The van der Waals surface area contributed by atoms with Crippen LogP contribution in [0.4, 0.5) is 0 Å². The van der Waals surface area contributed by atoms with E-state index in [1.165, 1.54) is 7.05 Å². The Morgan fingerprint density at radius 1 is 0.551 bits per heavy atom. The second-order valence-corrected chi connectivity index (χ2v) is 15.4. The molecule has 12 heteroatoms. The van der Waals surface area contributed by atoms with Crippen LogP contribution in [0.15, 0.2) is 48.5 Å². The predicted octanol–water partition coefficient (Wildman–Crippen LogP) is 4.62. The van der Waals surface area contributed by atoms with Gasteiger partial charge >= 0.3 is 0 Å². The fourth-order valence-corrected chi connectivity index (χ4v) is 5.05. The van der Waals surface area contributed by atoms with Gasteiger partial charge in [0, 0.05) is 19.9 Å². The molecule has 4 aliphatic heterocycles. The zero-order valence-corrected chi connectivity index (χ0v) is 29.7. The van der Waals surface area contributed by atoms with Gasteiger partial charge in [0.2, 0.25) is 17.7 Å². The number of likely N-dealkylation sites (tertiary alicyclic amines) is 1. The summed E-state index contributed by atoms with van der Waals surface area (Å²) in [6.07, 6.45) is 0.647. The lowest BCUT2D eigenvalue weighted by Crippen LogP contribution is -2.54. The van der Waals surface area contributed by atoms with Crippen molar-refractivity contribution in [3.8, 4) is 0 Å². The van der Waals surface area contributed by atoms with Gasteiger partial charge in [0.1, 0.15) is 12.1 Å². The highest BCUT2D eigenvalue weighted by Gasteiger charge is 2.46. The molecule has 49 heavy (non-hydrogen) atoms. The van der Waals surface area contributed by atoms with E-state index in [1.54, 1.807) is 48.5 Å². The van der Waals surface area contributed by atoms with Crippen LogP contribution < -0.4 is 5.32 Å². The van der Waals surface area contributed by atoms with Crippen LogP contribution in [-0.2, 0) is 19.2 Å². The molecule has 4 heterocycles. The Morgan fingerprint density at radius 2 is 0.878 bits per heavy atom. The fraction of sp³-hybridized carbons (Fsp3) is 0.459. The highest BCUT2D eigenvalue weighted by Crippen LogP contribution is 2.29. The van der Waals surface area contributed by atoms with Crippen LogP contribution in [0.3, 0.4) is 0 Å². The molecule has 0 bridgehead atoms. The molecule has 0 spiro atoms. The van der Waals surface area contributed by atoms with Crippen LogP contribution in [0.2, 0.25) is 0 Å². The molecule has 6 rings (SSSR count). The Morgan fingerprint density at radius 3 is 1.22 bits per heavy atom. The van der Waals surface area contributed by atoms with Gasteiger partial charge in [-0.25, -0.2) is 0 Å². The van der Waals surface area contributed by atoms with Gasteiger partial charge < -0.3 is 0 Å². The average molecular weight is 675 g/mol. The molecule has 0 saturated carbocycles. The van der Waals surface area contributed by atoms with E-state index < -0.39 is 47.5 Å². The molecule has 8 amide bonds. The topological polar surface area (TPSA) is 158 Å². The first-order chi connectivity index (χ1) is 22.6. The summed E-state index contributed by atoms with van der Waals surface area (Å²) in [4.78, 5) is 98.3. The Balaban J connectivity index is 0.000000209. The minimum atomic E-state index is -0.898. The maximum atomic E-state index is 12.3. The van der Waals surface area contributed by atoms with Crippen LogP contribution in [-0.4, -0.2) is 81.1 Å². The smallest absolute Gasteiger partial charge is 0.262 e. The number of carbonyl (C=O) groups is 8. The summed E-state index contributed by atoms with van der Waals surface area (Å²) >= 11 is 0. The van der Waals surface area contributed by atoms with Gasteiger partial charge in [0.25, 0.3) is 29.5 Å². The molecule has 0 radical (unpaired) electrons. The Hall–Kier alpha value is -5.00. The van der Waals surface area contributed by atoms with Gasteiger partial charge in [-0.1, -0.05) is 79.7 Å². The molecule has 0 aliphatic carbocycles. The summed E-state index contributed by atoms with van der Waals surface area (Å²) in [6, 6.07) is 11.1. The SMILES string of the molecule is CC(C)(C)C.CC(C)(C)C.CN1C(=O)CCC(N2C(=O)c3ccccc3C2=O)C1=O.O=C1CCC(N2C(=O)c3ccccc3C2=O)C(=O)N1. The quantitative estimate of drug-likeness (QED) is 0.452. The van der Waals surface area contributed by atoms with Gasteiger partial charge in [-0.05, 0) is 47.9 Å². The third-order valence-corrected chi connectivity index (χ3v) is 7.11. The zero-order chi connectivity index (χ0) is 37.0. The van der Waals surface area contributed by atoms with E-state index in [1.807, 2.05) is 0 Å². The number of rotatable bonds is 2. The van der Waals surface area contributed by atoms with Crippen molar-refractivity contribution < 1.29 is 38.4 Å². The number of piperidine rings is 2. The van der Waals surface area contributed by atoms with E-state index in [4.69, 9.17) is 0 Å². The lowest BCUT2D eigenvalue weighted by atomic mass is 10.0. The zero-order valence-electron chi connectivity index (χ0n) is 29.7. The Labute approximate surface area is 287 Å². The average Bonchev–Trinajstić information content (AvgIpc) is 3.39. The number of amides is 8. The van der Waals surface area contributed by atoms with Crippen LogP contribution in [0.1, 0.15) is 123 Å². The van der Waals surface area contributed by atoms with Crippen molar-refractivity contribution in [2.45, 2.75) is 93.2 Å². The van der Waals surface area contributed by atoms with E-state index in [0.717, 1.165) is 14.7 Å². The summed E-state index contributed by atoms with van der Waals surface area (Å²) < 4.78 is 0. The van der Waals surface area contributed by atoms with Gasteiger partial charge in [-0.15, -0.1) is 0 Å². The molecule has 262 valence electrons. The Bertz CT molecular complexity index is 1590. The number of carbonyl (C=O) groups excluding carboxylic acids is 8. The molecule has 2 atom stereocenters. The number of hydrogen-bond donors (Lipinski definition) is 1. The van der Waals surface area contributed by atoms with Gasteiger partial charge in [-0.2, -0.15) is 0 Å². The van der Waals surface area contributed by atoms with Crippen molar-refractivity contribution in [1.82, 2.24) is 20.0 Å². The minimum Gasteiger partial charge on any atom is -0.295 e. The highest BCUT2D eigenvalue weighted by molar-refractivity contribution is 6.24.